The summed E-state index contributed by atoms with van der Waals surface area (Å²) in [4.78, 5) is 28.2. The number of carbonyl (C=O) groups excluding carboxylic acids is 1. The number of carbonyl (C=O) groups is 1. The molecule has 4 rings (SSSR count). The van der Waals surface area contributed by atoms with Crippen molar-refractivity contribution in [3.05, 3.63) is 75.1 Å². The summed E-state index contributed by atoms with van der Waals surface area (Å²) in [5, 5.41) is 0.516. The van der Waals surface area contributed by atoms with Crippen LogP contribution in [0.2, 0.25) is 0 Å². The van der Waals surface area contributed by atoms with Gasteiger partial charge in [-0.25, -0.2) is 0 Å². The molecule has 0 saturated heterocycles. The lowest BCUT2D eigenvalue weighted by Crippen LogP contribution is -2.30. The largest absolute Gasteiger partial charge is 0.494 e. The molecule has 1 aliphatic heterocycles. The molecule has 0 spiro atoms. The summed E-state index contributed by atoms with van der Waals surface area (Å²) in [6, 6.07) is 12.7. The molecule has 0 bridgehead atoms. The van der Waals surface area contributed by atoms with Crippen LogP contribution in [0.5, 0.6) is 5.75 Å². The van der Waals surface area contributed by atoms with E-state index in [4.69, 9.17) is 9.15 Å². The van der Waals surface area contributed by atoms with Crippen molar-refractivity contribution < 1.29 is 13.9 Å². The zero-order valence-electron chi connectivity index (χ0n) is 17.0. The van der Waals surface area contributed by atoms with Gasteiger partial charge in [-0.1, -0.05) is 37.6 Å². The summed E-state index contributed by atoms with van der Waals surface area (Å²) in [6.45, 7) is 7.22. The zero-order chi connectivity index (χ0) is 20.5. The van der Waals surface area contributed by atoms with Gasteiger partial charge in [-0.2, -0.15) is 0 Å². The minimum Gasteiger partial charge on any atom is -0.494 e. The van der Waals surface area contributed by atoms with Crippen LogP contribution in [-0.2, 0) is 0 Å². The van der Waals surface area contributed by atoms with Crippen molar-refractivity contribution in [2.45, 2.75) is 39.7 Å². The predicted octanol–water partition coefficient (Wildman–Crippen LogP) is 4.85. The van der Waals surface area contributed by atoms with E-state index < -0.39 is 6.04 Å². The molecule has 0 fully saturated rings. The maximum atomic E-state index is 13.4. The van der Waals surface area contributed by atoms with Gasteiger partial charge in [-0.15, -0.1) is 0 Å². The average Bonchev–Trinajstić information content (AvgIpc) is 3.00. The molecule has 5 nitrogen and oxygen atoms in total. The molecule has 150 valence electrons. The summed E-state index contributed by atoms with van der Waals surface area (Å²) in [6.07, 6.45) is 1.73. The highest BCUT2D eigenvalue weighted by Gasteiger charge is 2.42. The van der Waals surface area contributed by atoms with Crippen LogP contribution in [0.4, 0.5) is 0 Å². The quantitative estimate of drug-likeness (QED) is 0.603. The van der Waals surface area contributed by atoms with E-state index in [0.717, 1.165) is 29.7 Å². The molecule has 5 heteroatoms. The summed E-state index contributed by atoms with van der Waals surface area (Å²) in [7, 11) is 0. The molecule has 29 heavy (non-hydrogen) atoms. The highest BCUT2D eigenvalue weighted by atomic mass is 16.5. The number of ether oxygens (including phenoxy) is 1. The number of benzene rings is 2. The molecule has 1 amide bonds. The average molecular weight is 391 g/mol. The molecule has 0 N–H and O–H groups in total. The lowest BCUT2D eigenvalue weighted by molar-refractivity contribution is 0.0728. The van der Waals surface area contributed by atoms with Gasteiger partial charge in [0.25, 0.3) is 5.91 Å². The van der Waals surface area contributed by atoms with Crippen LogP contribution in [0.25, 0.3) is 11.0 Å². The summed E-state index contributed by atoms with van der Waals surface area (Å²) in [5.41, 5.74) is 2.62. The van der Waals surface area contributed by atoms with E-state index in [1.54, 1.807) is 11.0 Å². The summed E-state index contributed by atoms with van der Waals surface area (Å²) < 4.78 is 11.6. The molecule has 0 saturated carbocycles. The van der Waals surface area contributed by atoms with Crippen molar-refractivity contribution in [1.82, 2.24) is 4.90 Å². The molecule has 1 aliphatic rings. The van der Waals surface area contributed by atoms with Crippen molar-refractivity contribution >= 4 is 16.9 Å². The number of fused-ring (bicyclic) bond motifs is 2. The first-order valence-electron chi connectivity index (χ1n) is 10.2. The van der Waals surface area contributed by atoms with Gasteiger partial charge in [-0.3, -0.25) is 9.59 Å². The first-order chi connectivity index (χ1) is 14.0. The normalized spacial score (nSPS) is 15.8. The Hall–Kier alpha value is -3.08. The van der Waals surface area contributed by atoms with Crippen molar-refractivity contribution in [2.75, 3.05) is 13.2 Å². The molecule has 2 heterocycles. The van der Waals surface area contributed by atoms with Crippen LogP contribution in [0.1, 0.15) is 60.0 Å². The Labute approximate surface area is 169 Å². The number of hydrogen-bond donors (Lipinski definition) is 0. The number of nitrogens with zero attached hydrogens (tertiary/aromatic N) is 1. The van der Waals surface area contributed by atoms with Crippen LogP contribution in [0.15, 0.2) is 51.7 Å². The molecule has 0 radical (unpaired) electrons. The number of rotatable bonds is 6. The van der Waals surface area contributed by atoms with Crippen molar-refractivity contribution in [1.29, 1.82) is 0 Å². The molecule has 1 unspecified atom stereocenters. The lowest BCUT2D eigenvalue weighted by Gasteiger charge is -2.24. The molecule has 3 aromatic rings. The minimum atomic E-state index is -0.446. The fraction of sp³-hybridized carbons (Fsp3) is 0.333. The van der Waals surface area contributed by atoms with Gasteiger partial charge in [-0.05, 0) is 49.6 Å². The van der Waals surface area contributed by atoms with E-state index in [0.29, 0.717) is 29.7 Å². The Kier molecular flexibility index (Phi) is 5.14. The van der Waals surface area contributed by atoms with Crippen molar-refractivity contribution in [3.8, 4) is 5.75 Å². The van der Waals surface area contributed by atoms with Crippen molar-refractivity contribution in [2.24, 2.45) is 0 Å². The van der Waals surface area contributed by atoms with Crippen LogP contribution < -0.4 is 10.2 Å². The molecular formula is C24H25NO4. The number of aryl methyl sites for hydroxylation is 1. The predicted molar refractivity (Wildman–Crippen MR) is 113 cm³/mol. The van der Waals surface area contributed by atoms with E-state index in [2.05, 4.69) is 6.92 Å². The Bertz CT molecular complexity index is 1110. The van der Waals surface area contributed by atoms with Gasteiger partial charge in [0, 0.05) is 6.54 Å². The van der Waals surface area contributed by atoms with Gasteiger partial charge in [0.1, 0.15) is 11.3 Å². The van der Waals surface area contributed by atoms with Crippen LogP contribution in [0.3, 0.4) is 0 Å². The van der Waals surface area contributed by atoms with Crippen LogP contribution in [0, 0.1) is 6.92 Å². The maximum absolute atomic E-state index is 13.4. The Balaban J connectivity index is 1.87. The smallest absolute Gasteiger partial charge is 0.290 e. The number of amides is 1. The van der Waals surface area contributed by atoms with Crippen LogP contribution >= 0.6 is 0 Å². The minimum absolute atomic E-state index is 0.131. The SMILES string of the molecule is CCCOc1ccc(C2c3c(oc4ccc(C)cc4c3=O)C(=O)N2CCC)cc1. The second-order valence-electron chi connectivity index (χ2n) is 7.49. The van der Waals surface area contributed by atoms with Crippen molar-refractivity contribution in [3.63, 3.8) is 0 Å². The first-order valence-corrected chi connectivity index (χ1v) is 10.2. The second kappa shape index (κ2) is 7.74. The molecule has 0 aliphatic carbocycles. The Morgan fingerprint density at radius 3 is 2.48 bits per heavy atom. The third-order valence-electron chi connectivity index (χ3n) is 5.25. The van der Waals surface area contributed by atoms with Crippen LogP contribution in [-0.4, -0.2) is 24.0 Å². The maximum Gasteiger partial charge on any atom is 0.290 e. The third-order valence-corrected chi connectivity index (χ3v) is 5.25. The fourth-order valence-electron chi connectivity index (χ4n) is 3.92. The number of hydrogen-bond acceptors (Lipinski definition) is 4. The Morgan fingerprint density at radius 2 is 1.79 bits per heavy atom. The molecular weight excluding hydrogens is 366 g/mol. The summed E-state index contributed by atoms with van der Waals surface area (Å²) >= 11 is 0. The van der Waals surface area contributed by atoms with E-state index in [1.165, 1.54) is 0 Å². The van der Waals surface area contributed by atoms with Gasteiger partial charge >= 0.3 is 0 Å². The highest BCUT2D eigenvalue weighted by molar-refractivity contribution is 5.99. The fourth-order valence-corrected chi connectivity index (χ4v) is 3.92. The molecule has 1 atom stereocenters. The highest BCUT2D eigenvalue weighted by Crippen LogP contribution is 2.38. The zero-order valence-corrected chi connectivity index (χ0v) is 17.0. The second-order valence-corrected chi connectivity index (χ2v) is 7.49. The summed E-state index contributed by atoms with van der Waals surface area (Å²) in [5.74, 6) is 0.720. The third kappa shape index (κ3) is 3.31. The lowest BCUT2D eigenvalue weighted by atomic mass is 9.98. The van der Waals surface area contributed by atoms with Gasteiger partial charge in [0.15, 0.2) is 5.43 Å². The van der Waals surface area contributed by atoms with Gasteiger partial charge in [0.2, 0.25) is 5.76 Å². The topological polar surface area (TPSA) is 59.8 Å². The van der Waals surface area contributed by atoms with E-state index in [9.17, 15) is 9.59 Å². The van der Waals surface area contributed by atoms with E-state index >= 15 is 0 Å². The van der Waals surface area contributed by atoms with E-state index in [-0.39, 0.29) is 17.1 Å². The Morgan fingerprint density at radius 1 is 1.03 bits per heavy atom. The first kappa shape index (κ1) is 19.2. The molecule has 2 aromatic carbocycles. The van der Waals surface area contributed by atoms with Gasteiger partial charge < -0.3 is 14.1 Å². The van der Waals surface area contributed by atoms with E-state index in [1.807, 2.05) is 50.2 Å². The molecule has 1 aromatic heterocycles. The van der Waals surface area contributed by atoms with Gasteiger partial charge in [0.05, 0.1) is 23.6 Å². The standard InChI is InChI=1S/C24H25NO4/c1-4-12-25-21(16-7-9-17(10-8-16)28-13-5-2)20-22(26)18-14-15(3)6-11-19(18)29-23(20)24(25)27/h6-11,14,21H,4-5,12-13H2,1-3H3. The monoisotopic (exact) mass is 391 g/mol.